The van der Waals surface area contributed by atoms with Crippen molar-refractivity contribution >= 4 is 5.91 Å². The van der Waals surface area contributed by atoms with Gasteiger partial charge in [0.2, 0.25) is 0 Å². The second-order valence-corrected chi connectivity index (χ2v) is 6.75. The molecule has 0 aliphatic carbocycles. The Kier molecular flexibility index (Phi) is 3.06. The van der Waals surface area contributed by atoms with Crippen LogP contribution in [-0.4, -0.2) is 33.7 Å². The second-order valence-electron chi connectivity index (χ2n) is 6.75. The Hall–Kier alpha value is -2.10. The van der Waals surface area contributed by atoms with Crippen molar-refractivity contribution in [2.75, 3.05) is 13.1 Å². The van der Waals surface area contributed by atoms with Crippen LogP contribution in [0, 0.1) is 0 Å². The molecule has 4 rings (SSSR count). The van der Waals surface area contributed by atoms with Crippen LogP contribution in [0.15, 0.2) is 36.4 Å². The van der Waals surface area contributed by atoms with Gasteiger partial charge in [-0.25, -0.2) is 0 Å². The molecule has 114 valence electrons. The number of benzene rings is 1. The van der Waals surface area contributed by atoms with Gasteiger partial charge in [-0.15, -0.1) is 0 Å². The van der Waals surface area contributed by atoms with E-state index in [4.69, 9.17) is 0 Å². The van der Waals surface area contributed by atoms with E-state index in [0.717, 1.165) is 38.9 Å². The standard InChI is InChI=1S/C18H21N3O/c1-18(14-6-3-2-4-7-14)9-11-20(13-18)17(22)16-12-15-8-5-10-21(15)19-16/h2-4,6-7,12H,5,8-11,13H2,1H3. The number of rotatable bonds is 2. The zero-order chi connectivity index (χ0) is 15.2. The van der Waals surface area contributed by atoms with E-state index in [0.29, 0.717) is 5.69 Å². The zero-order valence-electron chi connectivity index (χ0n) is 13.0. The van der Waals surface area contributed by atoms with E-state index in [-0.39, 0.29) is 11.3 Å². The molecular formula is C18H21N3O. The molecule has 0 spiro atoms. The number of aromatic nitrogens is 2. The number of amides is 1. The SMILES string of the molecule is CC1(c2ccccc2)CCN(C(=O)c2cc3n(n2)CCC3)C1. The van der Waals surface area contributed by atoms with Gasteiger partial charge >= 0.3 is 0 Å². The highest BCUT2D eigenvalue weighted by atomic mass is 16.2. The van der Waals surface area contributed by atoms with Crippen molar-refractivity contribution < 1.29 is 4.79 Å². The maximum atomic E-state index is 12.7. The molecule has 0 saturated carbocycles. The lowest BCUT2D eigenvalue weighted by atomic mass is 9.82. The molecule has 4 nitrogen and oxygen atoms in total. The molecule has 0 radical (unpaired) electrons. The first kappa shape index (κ1) is 13.6. The van der Waals surface area contributed by atoms with Gasteiger partial charge in [0, 0.05) is 30.7 Å². The summed E-state index contributed by atoms with van der Waals surface area (Å²) in [6, 6.07) is 12.5. The second kappa shape index (κ2) is 4.97. The molecule has 1 atom stereocenters. The van der Waals surface area contributed by atoms with Gasteiger partial charge in [-0.2, -0.15) is 5.10 Å². The smallest absolute Gasteiger partial charge is 0.274 e. The first-order chi connectivity index (χ1) is 10.7. The lowest BCUT2D eigenvalue weighted by molar-refractivity contribution is 0.0778. The van der Waals surface area contributed by atoms with Gasteiger partial charge in [0.15, 0.2) is 5.69 Å². The lowest BCUT2D eigenvalue weighted by Crippen LogP contribution is -2.33. The molecule has 2 aliphatic rings. The molecule has 1 aromatic carbocycles. The first-order valence-corrected chi connectivity index (χ1v) is 8.07. The molecule has 0 bridgehead atoms. The minimum Gasteiger partial charge on any atom is -0.336 e. The van der Waals surface area contributed by atoms with Crippen molar-refractivity contribution in [1.82, 2.24) is 14.7 Å². The minimum atomic E-state index is 0.0549. The number of carbonyl (C=O) groups is 1. The average Bonchev–Trinajstić information content (AvgIpc) is 3.22. The highest BCUT2D eigenvalue weighted by Gasteiger charge is 2.38. The Morgan fingerprint density at radius 1 is 1.23 bits per heavy atom. The summed E-state index contributed by atoms with van der Waals surface area (Å²) in [7, 11) is 0. The third kappa shape index (κ3) is 2.14. The Morgan fingerprint density at radius 2 is 2.05 bits per heavy atom. The van der Waals surface area contributed by atoms with E-state index in [2.05, 4.69) is 36.3 Å². The average molecular weight is 295 g/mol. The molecular weight excluding hydrogens is 274 g/mol. The lowest BCUT2D eigenvalue weighted by Gasteiger charge is -2.25. The Bertz CT molecular complexity index is 685. The number of likely N-dealkylation sites (tertiary alicyclic amines) is 1. The van der Waals surface area contributed by atoms with E-state index in [1.165, 1.54) is 11.3 Å². The number of aryl methyl sites for hydroxylation is 2. The summed E-state index contributed by atoms with van der Waals surface area (Å²) >= 11 is 0. The van der Waals surface area contributed by atoms with Crippen molar-refractivity contribution in [2.24, 2.45) is 0 Å². The Balaban J connectivity index is 1.53. The van der Waals surface area contributed by atoms with Gasteiger partial charge in [0.05, 0.1) is 0 Å². The molecule has 2 aliphatic heterocycles. The van der Waals surface area contributed by atoms with E-state index in [9.17, 15) is 4.79 Å². The molecule has 4 heteroatoms. The largest absolute Gasteiger partial charge is 0.336 e. The fraction of sp³-hybridized carbons (Fsp3) is 0.444. The van der Waals surface area contributed by atoms with Gasteiger partial charge < -0.3 is 4.90 Å². The summed E-state index contributed by atoms with van der Waals surface area (Å²) < 4.78 is 1.99. The highest BCUT2D eigenvalue weighted by molar-refractivity contribution is 5.92. The summed E-state index contributed by atoms with van der Waals surface area (Å²) in [5.41, 5.74) is 3.19. The fourth-order valence-corrected chi connectivity index (χ4v) is 3.74. The van der Waals surface area contributed by atoms with Crippen LogP contribution < -0.4 is 0 Å². The van der Waals surface area contributed by atoms with Gasteiger partial charge in [0.1, 0.15) is 0 Å². The Labute approximate surface area is 130 Å². The van der Waals surface area contributed by atoms with Gasteiger partial charge in [-0.1, -0.05) is 37.3 Å². The van der Waals surface area contributed by atoms with Crippen LogP contribution in [-0.2, 0) is 18.4 Å². The van der Waals surface area contributed by atoms with E-state index in [1.807, 2.05) is 21.7 Å². The molecule has 1 saturated heterocycles. The normalized spacial score (nSPS) is 23.8. The third-order valence-corrected chi connectivity index (χ3v) is 5.12. The van der Waals surface area contributed by atoms with Crippen molar-refractivity contribution in [3.63, 3.8) is 0 Å². The monoisotopic (exact) mass is 295 g/mol. The molecule has 1 aromatic heterocycles. The Morgan fingerprint density at radius 3 is 2.82 bits per heavy atom. The molecule has 1 amide bonds. The van der Waals surface area contributed by atoms with Crippen LogP contribution >= 0.6 is 0 Å². The molecule has 1 unspecified atom stereocenters. The number of hydrogen-bond donors (Lipinski definition) is 0. The fourth-order valence-electron chi connectivity index (χ4n) is 3.74. The van der Waals surface area contributed by atoms with E-state index in [1.54, 1.807) is 0 Å². The van der Waals surface area contributed by atoms with Crippen LogP contribution in [0.3, 0.4) is 0 Å². The summed E-state index contributed by atoms with van der Waals surface area (Å²) in [6.07, 6.45) is 3.20. The first-order valence-electron chi connectivity index (χ1n) is 8.07. The third-order valence-electron chi connectivity index (χ3n) is 5.12. The van der Waals surface area contributed by atoms with Crippen molar-refractivity contribution in [3.8, 4) is 0 Å². The number of fused-ring (bicyclic) bond motifs is 1. The van der Waals surface area contributed by atoms with Crippen molar-refractivity contribution in [1.29, 1.82) is 0 Å². The van der Waals surface area contributed by atoms with Crippen LogP contribution in [0.4, 0.5) is 0 Å². The number of carbonyl (C=O) groups excluding carboxylic acids is 1. The number of hydrogen-bond acceptors (Lipinski definition) is 2. The maximum Gasteiger partial charge on any atom is 0.274 e. The quantitative estimate of drug-likeness (QED) is 0.854. The maximum absolute atomic E-state index is 12.7. The molecule has 3 heterocycles. The van der Waals surface area contributed by atoms with Crippen LogP contribution in [0.25, 0.3) is 0 Å². The van der Waals surface area contributed by atoms with E-state index >= 15 is 0 Å². The van der Waals surface area contributed by atoms with Gasteiger partial charge in [-0.3, -0.25) is 9.48 Å². The number of nitrogens with zero attached hydrogens (tertiary/aromatic N) is 3. The van der Waals surface area contributed by atoms with Gasteiger partial charge in [-0.05, 0) is 30.9 Å². The summed E-state index contributed by atoms with van der Waals surface area (Å²) in [4.78, 5) is 14.7. The predicted molar refractivity (Wildman–Crippen MR) is 84.9 cm³/mol. The zero-order valence-corrected chi connectivity index (χ0v) is 13.0. The summed E-state index contributed by atoms with van der Waals surface area (Å²) in [5, 5.41) is 4.48. The molecule has 22 heavy (non-hydrogen) atoms. The highest BCUT2D eigenvalue weighted by Crippen LogP contribution is 2.34. The molecule has 0 N–H and O–H groups in total. The minimum absolute atomic E-state index is 0.0549. The topological polar surface area (TPSA) is 38.1 Å². The molecule has 2 aromatic rings. The van der Waals surface area contributed by atoms with E-state index < -0.39 is 0 Å². The van der Waals surface area contributed by atoms with Crippen LogP contribution in [0.5, 0.6) is 0 Å². The summed E-state index contributed by atoms with van der Waals surface area (Å²) in [6.45, 7) is 4.79. The van der Waals surface area contributed by atoms with Crippen LogP contribution in [0.1, 0.15) is 41.5 Å². The van der Waals surface area contributed by atoms with Gasteiger partial charge in [0.25, 0.3) is 5.91 Å². The summed E-state index contributed by atoms with van der Waals surface area (Å²) in [5.74, 6) is 0.0848. The van der Waals surface area contributed by atoms with Crippen LogP contribution in [0.2, 0.25) is 0 Å². The van der Waals surface area contributed by atoms with Crippen molar-refractivity contribution in [2.45, 2.75) is 38.1 Å². The molecule has 1 fully saturated rings. The predicted octanol–water partition coefficient (Wildman–Crippen LogP) is 2.63. The van der Waals surface area contributed by atoms with Crippen molar-refractivity contribution in [3.05, 3.63) is 53.3 Å².